The number of benzene rings is 1. The number of hydrogen-bond acceptors (Lipinski definition) is 3. The van der Waals surface area contributed by atoms with Crippen LogP contribution in [0.1, 0.15) is 5.56 Å². The summed E-state index contributed by atoms with van der Waals surface area (Å²) in [7, 11) is 0. The van der Waals surface area contributed by atoms with Gasteiger partial charge in [-0.1, -0.05) is 23.7 Å². The first-order valence-electron chi connectivity index (χ1n) is 5.78. The Labute approximate surface area is 114 Å². The molecule has 0 saturated heterocycles. The molecule has 0 unspecified atom stereocenters. The van der Waals surface area contributed by atoms with Crippen molar-refractivity contribution in [2.75, 3.05) is 0 Å². The van der Waals surface area contributed by atoms with Crippen LogP contribution < -0.4 is 5.56 Å². The standard InChI is InChI=1S/C14H10ClN3O/c15-11-4-1-5-12-13(11)14(19)18(9-17-12)8-10-3-2-6-16-7-10/h1-7,9H,8H2. The average Bonchev–Trinajstić information content (AvgIpc) is 2.43. The van der Waals surface area contributed by atoms with E-state index in [1.165, 1.54) is 10.9 Å². The topological polar surface area (TPSA) is 47.8 Å². The lowest BCUT2D eigenvalue weighted by Crippen LogP contribution is -2.21. The van der Waals surface area contributed by atoms with Crippen molar-refractivity contribution < 1.29 is 0 Å². The van der Waals surface area contributed by atoms with Crippen LogP contribution in [-0.4, -0.2) is 14.5 Å². The first-order chi connectivity index (χ1) is 9.25. The normalized spacial score (nSPS) is 10.8. The Morgan fingerprint density at radius 1 is 1.21 bits per heavy atom. The number of hydrogen-bond donors (Lipinski definition) is 0. The molecule has 0 N–H and O–H groups in total. The first-order valence-corrected chi connectivity index (χ1v) is 6.16. The molecule has 94 valence electrons. The van der Waals surface area contributed by atoms with E-state index in [-0.39, 0.29) is 5.56 Å². The smallest absolute Gasteiger partial charge is 0.263 e. The quantitative estimate of drug-likeness (QED) is 0.719. The van der Waals surface area contributed by atoms with Gasteiger partial charge in [-0.2, -0.15) is 0 Å². The van der Waals surface area contributed by atoms with Crippen molar-refractivity contribution in [2.45, 2.75) is 6.54 Å². The van der Waals surface area contributed by atoms with Gasteiger partial charge < -0.3 is 0 Å². The molecule has 0 fully saturated rings. The van der Waals surface area contributed by atoms with E-state index >= 15 is 0 Å². The van der Waals surface area contributed by atoms with Crippen LogP contribution in [0.2, 0.25) is 5.02 Å². The van der Waals surface area contributed by atoms with Crippen molar-refractivity contribution in [2.24, 2.45) is 0 Å². The second-order valence-corrected chi connectivity index (χ2v) is 4.58. The molecule has 5 heteroatoms. The van der Waals surface area contributed by atoms with E-state index in [2.05, 4.69) is 9.97 Å². The molecule has 0 spiro atoms. The van der Waals surface area contributed by atoms with Crippen LogP contribution in [0.5, 0.6) is 0 Å². The van der Waals surface area contributed by atoms with Crippen LogP contribution in [0.15, 0.2) is 53.8 Å². The van der Waals surface area contributed by atoms with Crippen LogP contribution in [0.4, 0.5) is 0 Å². The molecular weight excluding hydrogens is 262 g/mol. The van der Waals surface area contributed by atoms with E-state index < -0.39 is 0 Å². The van der Waals surface area contributed by atoms with Crippen LogP contribution >= 0.6 is 11.6 Å². The maximum atomic E-state index is 12.4. The van der Waals surface area contributed by atoms with Gasteiger partial charge in [0.15, 0.2) is 0 Å². The maximum Gasteiger partial charge on any atom is 0.263 e. The minimum atomic E-state index is -0.139. The second kappa shape index (κ2) is 4.82. The SMILES string of the molecule is O=c1c2c(Cl)cccc2ncn1Cc1cccnc1. The monoisotopic (exact) mass is 271 g/mol. The molecule has 0 aliphatic rings. The number of nitrogens with zero attached hydrogens (tertiary/aromatic N) is 3. The third kappa shape index (κ3) is 2.22. The molecule has 2 aromatic heterocycles. The molecule has 4 nitrogen and oxygen atoms in total. The lowest BCUT2D eigenvalue weighted by molar-refractivity contribution is 0.745. The summed E-state index contributed by atoms with van der Waals surface area (Å²) in [5.41, 5.74) is 1.41. The molecular formula is C14H10ClN3O. The van der Waals surface area contributed by atoms with Crippen molar-refractivity contribution >= 4 is 22.5 Å². The Morgan fingerprint density at radius 3 is 2.89 bits per heavy atom. The zero-order valence-electron chi connectivity index (χ0n) is 9.95. The van der Waals surface area contributed by atoms with E-state index in [4.69, 9.17) is 11.6 Å². The van der Waals surface area contributed by atoms with Gasteiger partial charge in [0.05, 0.1) is 28.8 Å². The molecule has 0 saturated carbocycles. The predicted molar refractivity (Wildman–Crippen MR) is 74.4 cm³/mol. The molecule has 2 heterocycles. The molecule has 0 aliphatic heterocycles. The fourth-order valence-electron chi connectivity index (χ4n) is 1.96. The van der Waals surface area contributed by atoms with Crippen LogP contribution in [0, 0.1) is 0 Å². The molecule has 19 heavy (non-hydrogen) atoms. The summed E-state index contributed by atoms with van der Waals surface area (Å²) >= 11 is 6.07. The average molecular weight is 272 g/mol. The van der Waals surface area contributed by atoms with Crippen LogP contribution in [0.25, 0.3) is 10.9 Å². The number of fused-ring (bicyclic) bond motifs is 1. The molecule has 3 rings (SSSR count). The Morgan fingerprint density at radius 2 is 2.11 bits per heavy atom. The second-order valence-electron chi connectivity index (χ2n) is 4.17. The van der Waals surface area contributed by atoms with E-state index in [0.717, 1.165) is 5.56 Å². The lowest BCUT2D eigenvalue weighted by Gasteiger charge is -2.07. The van der Waals surface area contributed by atoms with Crippen molar-refractivity contribution in [3.63, 3.8) is 0 Å². The third-order valence-electron chi connectivity index (χ3n) is 2.88. The molecule has 3 aromatic rings. The number of rotatable bonds is 2. The minimum absolute atomic E-state index is 0.139. The van der Waals surface area contributed by atoms with Gasteiger partial charge in [-0.05, 0) is 23.8 Å². The van der Waals surface area contributed by atoms with Crippen molar-refractivity contribution in [3.8, 4) is 0 Å². The number of halogens is 1. The van der Waals surface area contributed by atoms with Crippen molar-refractivity contribution in [3.05, 3.63) is 70.0 Å². The highest BCUT2D eigenvalue weighted by Crippen LogP contribution is 2.17. The highest BCUT2D eigenvalue weighted by atomic mass is 35.5. The van der Waals surface area contributed by atoms with E-state index in [1.807, 2.05) is 12.1 Å². The van der Waals surface area contributed by atoms with Crippen LogP contribution in [-0.2, 0) is 6.54 Å². The van der Waals surface area contributed by atoms with Gasteiger partial charge >= 0.3 is 0 Å². The fourth-order valence-corrected chi connectivity index (χ4v) is 2.21. The summed E-state index contributed by atoms with van der Waals surface area (Å²) < 4.78 is 1.53. The van der Waals surface area contributed by atoms with Gasteiger partial charge in [-0.3, -0.25) is 14.3 Å². The Bertz CT molecular complexity index is 784. The summed E-state index contributed by atoms with van der Waals surface area (Å²) in [5.74, 6) is 0. The first kappa shape index (κ1) is 11.9. The lowest BCUT2D eigenvalue weighted by atomic mass is 10.2. The fraction of sp³-hybridized carbons (Fsp3) is 0.0714. The van der Waals surface area contributed by atoms with Crippen molar-refractivity contribution in [1.29, 1.82) is 0 Å². The summed E-state index contributed by atoms with van der Waals surface area (Å²) in [6.45, 7) is 0.431. The molecule has 1 aromatic carbocycles. The van der Waals surface area contributed by atoms with E-state index in [1.54, 1.807) is 30.6 Å². The Balaban J connectivity index is 2.13. The highest BCUT2D eigenvalue weighted by Gasteiger charge is 2.07. The highest BCUT2D eigenvalue weighted by molar-refractivity contribution is 6.35. The van der Waals surface area contributed by atoms with Gasteiger partial charge in [-0.15, -0.1) is 0 Å². The third-order valence-corrected chi connectivity index (χ3v) is 3.19. The van der Waals surface area contributed by atoms with E-state index in [0.29, 0.717) is 22.5 Å². The number of pyridine rings is 1. The van der Waals surface area contributed by atoms with Crippen molar-refractivity contribution in [1.82, 2.24) is 14.5 Å². The molecule has 0 atom stereocenters. The van der Waals surface area contributed by atoms with Crippen LogP contribution in [0.3, 0.4) is 0 Å². The zero-order chi connectivity index (χ0) is 13.2. The molecule has 0 radical (unpaired) electrons. The molecule has 0 amide bonds. The van der Waals surface area contributed by atoms with Gasteiger partial charge in [0.2, 0.25) is 0 Å². The minimum Gasteiger partial charge on any atom is -0.294 e. The summed E-state index contributed by atoms with van der Waals surface area (Å²) in [6, 6.07) is 9.00. The summed E-state index contributed by atoms with van der Waals surface area (Å²) in [4.78, 5) is 20.7. The largest absolute Gasteiger partial charge is 0.294 e. The molecule has 0 aliphatic carbocycles. The maximum absolute atomic E-state index is 12.4. The van der Waals surface area contributed by atoms with Gasteiger partial charge in [0.25, 0.3) is 5.56 Å². The summed E-state index contributed by atoms with van der Waals surface area (Å²) in [5, 5.41) is 0.881. The number of aromatic nitrogens is 3. The van der Waals surface area contributed by atoms with E-state index in [9.17, 15) is 4.79 Å². The summed E-state index contributed by atoms with van der Waals surface area (Å²) in [6.07, 6.45) is 4.96. The van der Waals surface area contributed by atoms with Gasteiger partial charge in [0, 0.05) is 12.4 Å². The van der Waals surface area contributed by atoms with Gasteiger partial charge in [-0.25, -0.2) is 4.98 Å². The van der Waals surface area contributed by atoms with Gasteiger partial charge in [0.1, 0.15) is 0 Å². The predicted octanol–water partition coefficient (Wildman–Crippen LogP) is 2.49. The molecule has 0 bridgehead atoms. The Kier molecular flexibility index (Phi) is 3.01. The Hall–Kier alpha value is -2.20. The zero-order valence-corrected chi connectivity index (χ0v) is 10.7.